The van der Waals surface area contributed by atoms with Crippen LogP contribution >= 0.6 is 11.3 Å². The summed E-state index contributed by atoms with van der Waals surface area (Å²) in [5.41, 5.74) is 0.0195. The highest BCUT2D eigenvalue weighted by molar-refractivity contribution is 7.16. The zero-order chi connectivity index (χ0) is 13.1. The lowest BCUT2D eigenvalue weighted by atomic mass is 10.4. The molecule has 0 aliphatic carbocycles. The van der Waals surface area contributed by atoms with Crippen LogP contribution in [-0.2, 0) is 13.1 Å². The summed E-state index contributed by atoms with van der Waals surface area (Å²) in [6, 6.07) is 5.59. The third-order valence-corrected chi connectivity index (χ3v) is 3.68. The Morgan fingerprint density at radius 1 is 1.42 bits per heavy atom. The van der Waals surface area contributed by atoms with Crippen molar-refractivity contribution in [1.82, 2.24) is 14.9 Å². The second-order valence-corrected chi connectivity index (χ2v) is 5.03. The average molecular weight is 275 g/mol. The van der Waals surface area contributed by atoms with Crippen LogP contribution in [0.3, 0.4) is 0 Å². The quantitative estimate of drug-likeness (QED) is 0.722. The van der Waals surface area contributed by atoms with Crippen molar-refractivity contribution in [3.05, 3.63) is 52.3 Å². The van der Waals surface area contributed by atoms with E-state index in [0.717, 1.165) is 10.6 Å². The van der Waals surface area contributed by atoms with Gasteiger partial charge in [0.15, 0.2) is 0 Å². The highest BCUT2D eigenvalue weighted by Crippen LogP contribution is 2.12. The highest BCUT2D eigenvalue weighted by atomic mass is 32.1. The Bertz CT molecular complexity index is 715. The fourth-order valence-corrected chi connectivity index (χ4v) is 2.60. The van der Waals surface area contributed by atoms with Crippen LogP contribution in [0.2, 0.25) is 0 Å². The van der Waals surface area contributed by atoms with Gasteiger partial charge in [0.05, 0.1) is 24.5 Å². The third-order valence-electron chi connectivity index (χ3n) is 2.86. The molecule has 5 nitrogen and oxygen atoms in total. The van der Waals surface area contributed by atoms with Crippen LogP contribution in [0.15, 0.2) is 45.4 Å². The number of nitrogens with zero attached hydrogens (tertiary/aromatic N) is 2. The molecule has 0 radical (unpaired) electrons. The van der Waals surface area contributed by atoms with Gasteiger partial charge in [-0.1, -0.05) is 0 Å². The third kappa shape index (κ3) is 2.59. The van der Waals surface area contributed by atoms with E-state index in [-0.39, 0.29) is 5.56 Å². The molecular weight excluding hydrogens is 262 g/mol. The number of fused-ring (bicyclic) bond motifs is 1. The van der Waals surface area contributed by atoms with Gasteiger partial charge in [-0.2, -0.15) is 0 Å². The highest BCUT2D eigenvalue weighted by Gasteiger charge is 2.04. The van der Waals surface area contributed by atoms with E-state index in [1.165, 1.54) is 11.3 Å². The van der Waals surface area contributed by atoms with E-state index >= 15 is 0 Å². The molecule has 3 aromatic rings. The van der Waals surface area contributed by atoms with Crippen LogP contribution in [-0.4, -0.2) is 16.1 Å². The molecule has 0 fully saturated rings. The van der Waals surface area contributed by atoms with E-state index in [1.807, 2.05) is 23.6 Å². The van der Waals surface area contributed by atoms with Crippen LogP contribution in [0.4, 0.5) is 0 Å². The van der Waals surface area contributed by atoms with Crippen molar-refractivity contribution in [3.8, 4) is 0 Å². The van der Waals surface area contributed by atoms with Gasteiger partial charge in [-0.3, -0.25) is 9.36 Å². The minimum Gasteiger partial charge on any atom is -0.468 e. The molecule has 6 heteroatoms. The fourth-order valence-electron chi connectivity index (χ4n) is 1.88. The number of furan rings is 1. The zero-order valence-corrected chi connectivity index (χ0v) is 11.0. The second-order valence-electron chi connectivity index (χ2n) is 4.14. The Morgan fingerprint density at radius 3 is 3.21 bits per heavy atom. The molecule has 0 amide bonds. The van der Waals surface area contributed by atoms with Gasteiger partial charge in [-0.15, -0.1) is 11.3 Å². The molecule has 3 heterocycles. The normalized spacial score (nSPS) is 11.2. The predicted octanol–water partition coefficient (Wildman–Crippen LogP) is 1.84. The van der Waals surface area contributed by atoms with Gasteiger partial charge in [-0.25, -0.2) is 4.98 Å². The molecule has 0 aliphatic heterocycles. The summed E-state index contributed by atoms with van der Waals surface area (Å²) in [6.45, 7) is 1.95. The van der Waals surface area contributed by atoms with Gasteiger partial charge >= 0.3 is 0 Å². The standard InChI is InChI=1S/C13H13N3O2S/c17-13-11-3-7-19-12(11)15-9-16(13)5-4-14-8-10-2-1-6-18-10/h1-3,6-7,9,14H,4-5,8H2. The van der Waals surface area contributed by atoms with Gasteiger partial charge in [0, 0.05) is 13.1 Å². The maximum Gasteiger partial charge on any atom is 0.262 e. The Labute approximate surface area is 113 Å². The van der Waals surface area contributed by atoms with Crippen LogP contribution in [0.1, 0.15) is 5.76 Å². The number of aromatic nitrogens is 2. The van der Waals surface area contributed by atoms with Gasteiger partial charge in [-0.05, 0) is 23.6 Å². The van der Waals surface area contributed by atoms with E-state index in [2.05, 4.69) is 10.3 Å². The first-order chi connectivity index (χ1) is 9.34. The molecule has 0 atom stereocenters. The lowest BCUT2D eigenvalue weighted by molar-refractivity contribution is 0.474. The first-order valence-corrected chi connectivity index (χ1v) is 6.88. The largest absolute Gasteiger partial charge is 0.468 e. The Kier molecular flexibility index (Phi) is 3.43. The summed E-state index contributed by atoms with van der Waals surface area (Å²) in [6.07, 6.45) is 3.26. The molecule has 98 valence electrons. The van der Waals surface area contributed by atoms with Crippen molar-refractivity contribution >= 4 is 21.6 Å². The predicted molar refractivity (Wildman–Crippen MR) is 74.3 cm³/mol. The summed E-state index contributed by atoms with van der Waals surface area (Å²) >= 11 is 1.48. The SMILES string of the molecule is O=c1c2ccsc2ncn1CCNCc1ccco1. The van der Waals surface area contributed by atoms with Crippen LogP contribution in [0, 0.1) is 0 Å². The van der Waals surface area contributed by atoms with Crippen LogP contribution in [0.25, 0.3) is 10.2 Å². The average Bonchev–Trinajstić information content (AvgIpc) is 3.08. The number of nitrogens with one attached hydrogen (secondary N) is 1. The van der Waals surface area contributed by atoms with Crippen molar-refractivity contribution < 1.29 is 4.42 Å². The van der Waals surface area contributed by atoms with Gasteiger partial charge < -0.3 is 9.73 Å². The molecule has 3 aromatic heterocycles. The van der Waals surface area contributed by atoms with E-state index in [4.69, 9.17) is 4.42 Å². The molecule has 19 heavy (non-hydrogen) atoms. The minimum atomic E-state index is 0.0195. The first kappa shape index (κ1) is 12.1. The zero-order valence-electron chi connectivity index (χ0n) is 10.2. The van der Waals surface area contributed by atoms with E-state index in [9.17, 15) is 4.79 Å². The Hall–Kier alpha value is -1.92. The van der Waals surface area contributed by atoms with Crippen LogP contribution in [0.5, 0.6) is 0 Å². The lowest BCUT2D eigenvalue weighted by Crippen LogP contribution is -2.26. The molecule has 0 aromatic carbocycles. The molecule has 1 N–H and O–H groups in total. The van der Waals surface area contributed by atoms with Crippen molar-refractivity contribution in [1.29, 1.82) is 0 Å². The summed E-state index contributed by atoms with van der Waals surface area (Å²) in [4.78, 5) is 17.2. The Balaban J connectivity index is 1.62. The lowest BCUT2D eigenvalue weighted by Gasteiger charge is -2.05. The summed E-state index contributed by atoms with van der Waals surface area (Å²) in [5.74, 6) is 0.888. The number of rotatable bonds is 5. The molecule has 0 bridgehead atoms. The van der Waals surface area contributed by atoms with Crippen molar-refractivity contribution in [2.75, 3.05) is 6.54 Å². The number of hydrogen-bond donors (Lipinski definition) is 1. The van der Waals surface area contributed by atoms with Gasteiger partial charge in [0.2, 0.25) is 0 Å². The maximum absolute atomic E-state index is 12.1. The van der Waals surface area contributed by atoms with E-state index in [1.54, 1.807) is 17.2 Å². The molecule has 0 unspecified atom stereocenters. The first-order valence-electron chi connectivity index (χ1n) is 6.00. The van der Waals surface area contributed by atoms with Gasteiger partial charge in [0.1, 0.15) is 10.6 Å². The Morgan fingerprint density at radius 2 is 2.37 bits per heavy atom. The smallest absolute Gasteiger partial charge is 0.262 e. The van der Waals surface area contributed by atoms with Crippen molar-refractivity contribution in [2.24, 2.45) is 0 Å². The molecule has 0 saturated heterocycles. The monoisotopic (exact) mass is 275 g/mol. The molecule has 0 saturated carbocycles. The molecule has 0 aliphatic rings. The number of hydrogen-bond acceptors (Lipinski definition) is 5. The number of thiophene rings is 1. The topological polar surface area (TPSA) is 60.1 Å². The van der Waals surface area contributed by atoms with E-state index in [0.29, 0.717) is 25.0 Å². The molecule has 3 rings (SSSR count). The summed E-state index contributed by atoms with van der Waals surface area (Å²) in [7, 11) is 0. The fraction of sp³-hybridized carbons (Fsp3) is 0.231. The van der Waals surface area contributed by atoms with Gasteiger partial charge in [0.25, 0.3) is 5.56 Å². The molecule has 0 spiro atoms. The summed E-state index contributed by atoms with van der Waals surface area (Å²) < 4.78 is 6.84. The van der Waals surface area contributed by atoms with Crippen molar-refractivity contribution in [3.63, 3.8) is 0 Å². The van der Waals surface area contributed by atoms with Crippen LogP contribution < -0.4 is 10.9 Å². The summed E-state index contributed by atoms with van der Waals surface area (Å²) in [5, 5.41) is 5.81. The maximum atomic E-state index is 12.1. The van der Waals surface area contributed by atoms with E-state index < -0.39 is 0 Å². The second kappa shape index (κ2) is 5.38. The molecular formula is C13H13N3O2S. The minimum absolute atomic E-state index is 0.0195. The van der Waals surface area contributed by atoms with Crippen molar-refractivity contribution in [2.45, 2.75) is 13.1 Å².